The summed E-state index contributed by atoms with van der Waals surface area (Å²) in [5, 5.41) is 0. The van der Waals surface area contributed by atoms with Gasteiger partial charge >= 0.3 is 0 Å². The quantitative estimate of drug-likeness (QED) is 0.154. The van der Waals surface area contributed by atoms with Crippen LogP contribution in [0, 0.1) is 11.8 Å². The minimum Gasteiger partial charge on any atom is -0.377 e. The average molecular weight is 533 g/mol. The molecule has 0 aliphatic carbocycles. The van der Waals surface area contributed by atoms with Gasteiger partial charge in [-0.1, -0.05) is 121 Å². The van der Waals surface area contributed by atoms with Crippen LogP contribution in [0.2, 0.25) is 0 Å². The van der Waals surface area contributed by atoms with Gasteiger partial charge in [0.05, 0.1) is 32.0 Å². The van der Waals surface area contributed by atoms with Gasteiger partial charge in [-0.3, -0.25) is 0 Å². The molecule has 204 valence electrons. The number of rotatable bonds is 11. The minimum absolute atomic E-state index is 0.0526. The van der Waals surface area contributed by atoms with Crippen LogP contribution in [0.1, 0.15) is 35.1 Å². The molecule has 0 saturated carbocycles. The summed E-state index contributed by atoms with van der Waals surface area (Å²) in [7, 11) is 0. The van der Waals surface area contributed by atoms with Crippen molar-refractivity contribution in [3.05, 3.63) is 144 Å². The zero-order chi connectivity index (χ0) is 27.2. The smallest absolute Gasteiger partial charge is 0.147 e. The second kappa shape index (κ2) is 15.2. The molecule has 4 heteroatoms. The zero-order valence-electron chi connectivity index (χ0n) is 22.7. The summed E-state index contributed by atoms with van der Waals surface area (Å²) < 4.78 is 25.6. The molecule has 0 bridgehead atoms. The van der Waals surface area contributed by atoms with Crippen molar-refractivity contribution in [2.45, 2.75) is 57.1 Å². The second-order valence-electron chi connectivity index (χ2n) is 9.97. The predicted octanol–water partition coefficient (Wildman–Crippen LogP) is 6.97. The first-order chi connectivity index (χ1) is 19.8. The lowest BCUT2D eigenvalue weighted by Crippen LogP contribution is -2.50. The molecule has 4 atom stereocenters. The Hall–Kier alpha value is -3.72. The molecule has 4 aromatic rings. The Kier molecular flexibility index (Phi) is 10.6. The summed E-state index contributed by atoms with van der Waals surface area (Å²) >= 11 is 0. The molecule has 1 aliphatic heterocycles. The van der Waals surface area contributed by atoms with Crippen LogP contribution < -0.4 is 0 Å². The molecule has 0 aromatic heterocycles. The fourth-order valence-corrected chi connectivity index (χ4v) is 4.79. The van der Waals surface area contributed by atoms with Crippen LogP contribution >= 0.6 is 0 Å². The average Bonchev–Trinajstić information content (AvgIpc) is 3.02. The fraction of sp³-hybridized carbons (Fsp3) is 0.278. The molecular formula is C36H36O4. The van der Waals surface area contributed by atoms with Gasteiger partial charge < -0.3 is 18.9 Å². The summed E-state index contributed by atoms with van der Waals surface area (Å²) in [5.41, 5.74) is 4.35. The van der Waals surface area contributed by atoms with E-state index in [2.05, 4.69) is 48.2 Å². The van der Waals surface area contributed by atoms with Crippen molar-refractivity contribution >= 4 is 0 Å². The molecule has 0 unspecified atom stereocenters. The van der Waals surface area contributed by atoms with Crippen LogP contribution in [-0.2, 0) is 38.8 Å². The molecule has 4 aromatic carbocycles. The molecule has 0 amide bonds. The van der Waals surface area contributed by atoms with Crippen molar-refractivity contribution in [1.82, 2.24) is 0 Å². The topological polar surface area (TPSA) is 36.9 Å². The van der Waals surface area contributed by atoms with E-state index in [0.29, 0.717) is 32.8 Å². The number of ether oxygens (including phenoxy) is 4. The predicted molar refractivity (Wildman–Crippen MR) is 157 cm³/mol. The Morgan fingerprint density at radius 3 is 1.75 bits per heavy atom. The zero-order valence-corrected chi connectivity index (χ0v) is 22.7. The van der Waals surface area contributed by atoms with Crippen molar-refractivity contribution < 1.29 is 18.9 Å². The molecule has 0 radical (unpaired) electrons. The Balaban J connectivity index is 1.31. The maximum atomic E-state index is 6.59. The second-order valence-corrected chi connectivity index (χ2v) is 9.97. The van der Waals surface area contributed by atoms with Gasteiger partial charge in [0.2, 0.25) is 0 Å². The maximum Gasteiger partial charge on any atom is 0.147 e. The van der Waals surface area contributed by atoms with Crippen molar-refractivity contribution in [3.8, 4) is 11.8 Å². The first-order valence-electron chi connectivity index (χ1n) is 14.0. The van der Waals surface area contributed by atoms with Gasteiger partial charge in [-0.05, 0) is 35.2 Å². The van der Waals surface area contributed by atoms with Crippen LogP contribution in [0.3, 0.4) is 0 Å². The molecule has 0 N–H and O–H groups in total. The number of hydrogen-bond donors (Lipinski definition) is 0. The summed E-state index contributed by atoms with van der Waals surface area (Å²) in [4.78, 5) is 0. The van der Waals surface area contributed by atoms with Gasteiger partial charge in [0.25, 0.3) is 0 Å². The summed E-state index contributed by atoms with van der Waals surface area (Å²) in [6.45, 7) is 2.15. The molecular weight excluding hydrogens is 496 g/mol. The van der Waals surface area contributed by atoms with E-state index in [1.807, 2.05) is 84.9 Å². The molecule has 1 heterocycles. The fourth-order valence-electron chi connectivity index (χ4n) is 4.79. The van der Waals surface area contributed by atoms with Crippen LogP contribution in [0.5, 0.6) is 0 Å². The highest BCUT2D eigenvalue weighted by molar-refractivity contribution is 5.35. The Morgan fingerprint density at radius 1 is 0.625 bits per heavy atom. The van der Waals surface area contributed by atoms with Gasteiger partial charge in [0, 0.05) is 18.6 Å². The van der Waals surface area contributed by atoms with E-state index in [1.165, 1.54) is 0 Å². The van der Waals surface area contributed by atoms with Crippen LogP contribution in [0.4, 0.5) is 0 Å². The van der Waals surface area contributed by atoms with Crippen LogP contribution in [0.15, 0.2) is 121 Å². The Bertz CT molecular complexity index is 1320. The lowest BCUT2D eigenvalue weighted by Gasteiger charge is -2.39. The first kappa shape index (κ1) is 27.8. The largest absolute Gasteiger partial charge is 0.377 e. The standard InChI is InChI=1S/C36H36O4/c1-5-13-29(14-6-1)21-22-34-36(39-28-32-19-11-4-12-20-32)35(38-27-31-17-9-3-10-18-31)25-33(40-34)23-24-37-26-30-15-7-2-8-16-30/h1-20,33-36H,23-28H2/t33-,34+,35+,36+/m1/s1. The number of benzene rings is 4. The molecule has 40 heavy (non-hydrogen) atoms. The summed E-state index contributed by atoms with van der Waals surface area (Å²) in [6, 6.07) is 40.7. The lowest BCUT2D eigenvalue weighted by molar-refractivity contribution is -0.194. The SMILES string of the molecule is C(#C[C@@H]1O[C@H](CCOCc2ccccc2)C[C@H](OCc2ccccc2)[C@H]1OCc1ccccc1)c1ccccc1. The van der Waals surface area contributed by atoms with Crippen molar-refractivity contribution in [2.75, 3.05) is 6.61 Å². The van der Waals surface area contributed by atoms with E-state index in [9.17, 15) is 0 Å². The van der Waals surface area contributed by atoms with Crippen LogP contribution in [-0.4, -0.2) is 31.0 Å². The monoisotopic (exact) mass is 532 g/mol. The molecule has 0 spiro atoms. The van der Waals surface area contributed by atoms with E-state index < -0.39 is 6.10 Å². The molecule has 4 nitrogen and oxygen atoms in total. The number of hydrogen-bond acceptors (Lipinski definition) is 4. The summed E-state index contributed by atoms with van der Waals surface area (Å²) in [6.07, 6.45) is 0.478. The third kappa shape index (κ3) is 8.64. The maximum absolute atomic E-state index is 6.59. The van der Waals surface area contributed by atoms with Gasteiger partial charge in [-0.25, -0.2) is 0 Å². The van der Waals surface area contributed by atoms with Crippen molar-refractivity contribution in [1.29, 1.82) is 0 Å². The minimum atomic E-state index is -0.433. The third-order valence-electron chi connectivity index (χ3n) is 6.92. The van der Waals surface area contributed by atoms with Crippen molar-refractivity contribution in [2.24, 2.45) is 0 Å². The highest BCUT2D eigenvalue weighted by atomic mass is 16.6. The Morgan fingerprint density at radius 2 is 1.15 bits per heavy atom. The van der Waals surface area contributed by atoms with Gasteiger partial charge in [-0.2, -0.15) is 0 Å². The molecule has 1 aliphatic rings. The molecule has 1 saturated heterocycles. The highest BCUT2D eigenvalue weighted by Crippen LogP contribution is 2.29. The normalized spacial score (nSPS) is 20.4. The summed E-state index contributed by atoms with van der Waals surface area (Å²) in [5.74, 6) is 6.69. The van der Waals surface area contributed by atoms with Crippen LogP contribution in [0.25, 0.3) is 0 Å². The Labute approximate surface area is 237 Å². The highest BCUT2D eigenvalue weighted by Gasteiger charge is 2.39. The van der Waals surface area contributed by atoms with E-state index >= 15 is 0 Å². The van der Waals surface area contributed by atoms with Gasteiger partial charge in [0.1, 0.15) is 12.2 Å². The third-order valence-corrected chi connectivity index (χ3v) is 6.92. The van der Waals surface area contributed by atoms with Gasteiger partial charge in [-0.15, -0.1) is 0 Å². The van der Waals surface area contributed by atoms with Gasteiger partial charge in [0.15, 0.2) is 0 Å². The van der Waals surface area contributed by atoms with E-state index in [0.717, 1.165) is 28.7 Å². The molecule has 5 rings (SSSR count). The first-order valence-corrected chi connectivity index (χ1v) is 14.0. The molecule has 1 fully saturated rings. The lowest BCUT2D eigenvalue weighted by atomic mass is 9.95. The van der Waals surface area contributed by atoms with E-state index in [4.69, 9.17) is 18.9 Å². The van der Waals surface area contributed by atoms with E-state index in [1.54, 1.807) is 0 Å². The van der Waals surface area contributed by atoms with E-state index in [-0.39, 0.29) is 18.3 Å². The van der Waals surface area contributed by atoms with Crippen molar-refractivity contribution in [3.63, 3.8) is 0 Å².